The number of anilines is 1. The molecule has 222 valence electrons. The highest BCUT2D eigenvalue weighted by Crippen LogP contribution is 2.31. The van der Waals surface area contributed by atoms with Gasteiger partial charge < -0.3 is 20.9 Å². The summed E-state index contributed by atoms with van der Waals surface area (Å²) in [5.41, 5.74) is 1.38. The molecule has 2 fully saturated rings. The molecule has 4 amide bonds. The summed E-state index contributed by atoms with van der Waals surface area (Å²) in [5, 5.41) is 19.7. The molecule has 0 aromatic heterocycles. The maximum atomic E-state index is 13.7. The minimum Gasteiger partial charge on any atom is -0.344 e. The second kappa shape index (κ2) is 14.6. The third kappa shape index (κ3) is 9.59. The number of amides is 4. The van der Waals surface area contributed by atoms with E-state index in [1.54, 1.807) is 0 Å². The molecule has 1 saturated heterocycles. The predicted molar refractivity (Wildman–Crippen MR) is 153 cm³/mol. The molecular formula is C30H47N5O5. The van der Waals surface area contributed by atoms with E-state index in [0.717, 1.165) is 49.8 Å². The normalized spacial score (nSPS) is 18.2. The fourth-order valence-corrected chi connectivity index (χ4v) is 5.75. The predicted octanol–water partition coefficient (Wildman–Crippen LogP) is 3.30. The summed E-state index contributed by atoms with van der Waals surface area (Å²) < 4.78 is 0. The summed E-state index contributed by atoms with van der Waals surface area (Å²) in [6, 6.07) is 7.31. The summed E-state index contributed by atoms with van der Waals surface area (Å²) in [6.07, 6.45) is 6.89. The van der Waals surface area contributed by atoms with Crippen LogP contribution in [0.15, 0.2) is 24.3 Å². The third-order valence-electron chi connectivity index (χ3n) is 8.07. The van der Waals surface area contributed by atoms with Crippen LogP contribution in [0.3, 0.4) is 0 Å². The highest BCUT2D eigenvalue weighted by atomic mass is 16.5. The molecule has 10 heteroatoms. The minimum absolute atomic E-state index is 0.0794. The molecule has 2 atom stereocenters. The van der Waals surface area contributed by atoms with E-state index in [9.17, 15) is 24.4 Å². The first kappa shape index (κ1) is 31.5. The van der Waals surface area contributed by atoms with E-state index < -0.39 is 17.4 Å². The Labute approximate surface area is 238 Å². The van der Waals surface area contributed by atoms with Gasteiger partial charge in [0.15, 0.2) is 0 Å². The van der Waals surface area contributed by atoms with E-state index in [-0.39, 0.29) is 30.3 Å². The van der Waals surface area contributed by atoms with Crippen molar-refractivity contribution < 1.29 is 24.4 Å². The van der Waals surface area contributed by atoms with Gasteiger partial charge in [-0.25, -0.2) is 5.06 Å². The molecule has 1 aromatic rings. The molecule has 40 heavy (non-hydrogen) atoms. The molecule has 4 N–H and O–H groups in total. The van der Waals surface area contributed by atoms with Gasteiger partial charge in [-0.2, -0.15) is 0 Å². The Morgan fingerprint density at radius 1 is 1.07 bits per heavy atom. The molecule has 2 aliphatic rings. The maximum absolute atomic E-state index is 13.7. The Morgan fingerprint density at radius 3 is 2.25 bits per heavy atom. The number of hydrogen-bond acceptors (Lipinski definition) is 6. The molecule has 0 unspecified atom stereocenters. The van der Waals surface area contributed by atoms with Crippen LogP contribution < -0.4 is 16.0 Å². The van der Waals surface area contributed by atoms with Crippen molar-refractivity contribution in [3.8, 4) is 0 Å². The topological polar surface area (TPSA) is 131 Å². The number of nitrogens with one attached hydrogen (secondary N) is 3. The van der Waals surface area contributed by atoms with Gasteiger partial charge in [0.1, 0.15) is 6.04 Å². The Kier molecular flexibility index (Phi) is 11.5. The lowest BCUT2D eigenvalue weighted by atomic mass is 9.84. The van der Waals surface area contributed by atoms with Crippen LogP contribution in [-0.4, -0.2) is 71.0 Å². The van der Waals surface area contributed by atoms with Crippen LogP contribution in [0, 0.1) is 17.3 Å². The van der Waals surface area contributed by atoms with Gasteiger partial charge >= 0.3 is 0 Å². The molecule has 1 heterocycles. The van der Waals surface area contributed by atoms with Gasteiger partial charge in [0.25, 0.3) is 0 Å². The van der Waals surface area contributed by atoms with E-state index >= 15 is 0 Å². The van der Waals surface area contributed by atoms with E-state index in [2.05, 4.69) is 16.0 Å². The van der Waals surface area contributed by atoms with Crippen molar-refractivity contribution in [2.75, 3.05) is 25.0 Å². The first-order chi connectivity index (χ1) is 19.0. The Morgan fingerprint density at radius 2 is 1.70 bits per heavy atom. The van der Waals surface area contributed by atoms with E-state index in [4.69, 9.17) is 0 Å². The summed E-state index contributed by atoms with van der Waals surface area (Å²) in [7, 11) is 0. The van der Waals surface area contributed by atoms with E-state index in [1.165, 1.54) is 6.92 Å². The first-order valence-corrected chi connectivity index (χ1v) is 14.6. The van der Waals surface area contributed by atoms with Crippen molar-refractivity contribution in [2.45, 2.75) is 91.3 Å². The zero-order valence-corrected chi connectivity index (χ0v) is 24.4. The van der Waals surface area contributed by atoms with Gasteiger partial charge in [0.2, 0.25) is 24.1 Å². The smallest absolute Gasteiger partial charge is 0.245 e. The summed E-state index contributed by atoms with van der Waals surface area (Å²) in [5.74, 6) is -0.663. The van der Waals surface area contributed by atoms with Gasteiger partial charge in [0, 0.05) is 38.3 Å². The molecule has 3 rings (SSSR count). The zero-order valence-electron chi connectivity index (χ0n) is 24.4. The van der Waals surface area contributed by atoms with Crippen molar-refractivity contribution in [1.29, 1.82) is 0 Å². The minimum atomic E-state index is -0.707. The lowest BCUT2D eigenvalue weighted by molar-refractivity contribution is -0.156. The molecule has 10 nitrogen and oxygen atoms in total. The van der Waals surface area contributed by atoms with Crippen molar-refractivity contribution in [3.63, 3.8) is 0 Å². The maximum Gasteiger partial charge on any atom is 0.245 e. The van der Waals surface area contributed by atoms with Crippen molar-refractivity contribution in [3.05, 3.63) is 29.8 Å². The van der Waals surface area contributed by atoms with Crippen LogP contribution in [0.5, 0.6) is 0 Å². The number of nitrogens with zero attached hydrogens (tertiary/aromatic N) is 2. The zero-order chi connectivity index (χ0) is 29.3. The van der Waals surface area contributed by atoms with Crippen LogP contribution in [-0.2, 0) is 25.7 Å². The number of carbonyl (C=O) groups is 4. The summed E-state index contributed by atoms with van der Waals surface area (Å²) >= 11 is 0. The fourth-order valence-electron chi connectivity index (χ4n) is 5.75. The number of piperidine rings is 1. The van der Waals surface area contributed by atoms with Crippen LogP contribution in [0.1, 0.15) is 78.2 Å². The van der Waals surface area contributed by atoms with E-state index in [0.29, 0.717) is 43.4 Å². The van der Waals surface area contributed by atoms with Crippen molar-refractivity contribution >= 4 is 29.8 Å². The fraction of sp³-hybridized carbons (Fsp3) is 0.667. The Bertz CT molecular complexity index is 995. The molecular weight excluding hydrogens is 510 g/mol. The molecule has 1 aliphatic carbocycles. The van der Waals surface area contributed by atoms with Crippen LogP contribution in [0.2, 0.25) is 0 Å². The summed E-state index contributed by atoms with van der Waals surface area (Å²) in [4.78, 5) is 51.2. The van der Waals surface area contributed by atoms with Gasteiger partial charge in [-0.3, -0.25) is 24.4 Å². The second-order valence-corrected chi connectivity index (χ2v) is 12.5. The van der Waals surface area contributed by atoms with Gasteiger partial charge in [-0.15, -0.1) is 0 Å². The number of hydrogen-bond donors (Lipinski definition) is 4. The number of benzene rings is 1. The van der Waals surface area contributed by atoms with Crippen LogP contribution >= 0.6 is 0 Å². The average Bonchev–Trinajstić information content (AvgIpc) is 3.43. The second-order valence-electron chi connectivity index (χ2n) is 12.5. The first-order valence-electron chi connectivity index (χ1n) is 14.6. The molecule has 1 saturated carbocycles. The molecule has 0 radical (unpaired) electrons. The standard InChI is InChI=1S/C30H47N5O5/c1-21(37)32-26-11-9-23(10-12-26)18-31-25-13-15-34(16-14-25)29(39)27(30(2,3)4)33-28(38)24(19-35(40)20-36)17-22-7-5-6-8-22/h9-12,20,22,24-25,27,31,40H,5-8,13-19H2,1-4H3,(H,32,37)(H,33,38)/t24-,27-/m0/s1. The Balaban J connectivity index is 1.55. The largest absolute Gasteiger partial charge is 0.344 e. The van der Waals surface area contributed by atoms with Crippen LogP contribution in [0.4, 0.5) is 5.69 Å². The monoisotopic (exact) mass is 557 g/mol. The Hall–Kier alpha value is -2.98. The molecule has 0 bridgehead atoms. The van der Waals surface area contributed by atoms with Gasteiger partial charge in [-0.1, -0.05) is 58.6 Å². The van der Waals surface area contributed by atoms with Crippen molar-refractivity contribution in [1.82, 2.24) is 20.6 Å². The third-order valence-corrected chi connectivity index (χ3v) is 8.07. The van der Waals surface area contributed by atoms with Gasteiger partial charge in [0.05, 0.1) is 12.5 Å². The molecule has 1 aromatic carbocycles. The molecule has 1 aliphatic heterocycles. The van der Waals surface area contributed by atoms with Gasteiger partial charge in [-0.05, 0) is 48.3 Å². The average molecular weight is 558 g/mol. The molecule has 0 spiro atoms. The van der Waals surface area contributed by atoms with Crippen LogP contribution in [0.25, 0.3) is 0 Å². The SMILES string of the molecule is CC(=O)Nc1ccc(CNC2CCN(C(=O)[C@H](NC(=O)[C@@H](CC3CCCC3)CN(O)C=O)C(C)(C)C)CC2)cc1. The van der Waals surface area contributed by atoms with Crippen molar-refractivity contribution in [2.24, 2.45) is 17.3 Å². The highest BCUT2D eigenvalue weighted by Gasteiger charge is 2.38. The number of rotatable bonds is 12. The highest BCUT2D eigenvalue weighted by molar-refractivity contribution is 5.89. The number of carbonyl (C=O) groups excluding carboxylic acids is 4. The summed E-state index contributed by atoms with van der Waals surface area (Å²) in [6.45, 7) is 9.13. The lowest BCUT2D eigenvalue weighted by Gasteiger charge is -2.39. The lowest BCUT2D eigenvalue weighted by Crippen LogP contribution is -2.58. The number of hydroxylamine groups is 2. The quantitative estimate of drug-likeness (QED) is 0.177. The number of likely N-dealkylation sites (tertiary alicyclic amines) is 1. The van der Waals surface area contributed by atoms with E-state index in [1.807, 2.05) is 49.9 Å².